The maximum atomic E-state index is 12.5. The van der Waals surface area contributed by atoms with Crippen molar-refractivity contribution in [3.8, 4) is 5.75 Å². The topological polar surface area (TPSA) is 50.8 Å². The second-order valence-electron chi connectivity index (χ2n) is 7.87. The molecule has 2 fully saturated rings. The number of carbonyl (C=O) groups excluding carboxylic acids is 1. The van der Waals surface area contributed by atoms with E-state index in [1.807, 2.05) is 24.3 Å². The average molecular weight is 395 g/mol. The first-order valence-electron chi connectivity index (χ1n) is 10.8. The second-order valence-corrected chi connectivity index (χ2v) is 7.87. The van der Waals surface area contributed by atoms with E-state index in [-0.39, 0.29) is 12.0 Å². The fraction of sp³-hybridized carbons (Fsp3) is 0.458. The summed E-state index contributed by atoms with van der Waals surface area (Å²) in [5.41, 5.74) is 2.66. The summed E-state index contributed by atoms with van der Waals surface area (Å²) < 4.78 is 11.3. The predicted molar refractivity (Wildman–Crippen MR) is 116 cm³/mol. The smallest absolute Gasteiger partial charge is 0.255 e. The number of rotatable bonds is 6. The molecule has 1 atom stereocenters. The molecule has 0 saturated carbocycles. The minimum absolute atomic E-state index is 0.113. The fourth-order valence-electron chi connectivity index (χ4n) is 3.96. The average Bonchev–Trinajstić information content (AvgIpc) is 3.14. The molecule has 0 bridgehead atoms. The van der Waals surface area contributed by atoms with Gasteiger partial charge in [-0.3, -0.25) is 4.79 Å². The van der Waals surface area contributed by atoms with Crippen LogP contribution in [0.15, 0.2) is 48.5 Å². The highest BCUT2D eigenvalue weighted by molar-refractivity contribution is 6.04. The van der Waals surface area contributed by atoms with Gasteiger partial charge in [-0.2, -0.15) is 0 Å². The number of amides is 1. The highest BCUT2D eigenvalue weighted by Crippen LogP contribution is 2.22. The summed E-state index contributed by atoms with van der Waals surface area (Å²) in [6.07, 6.45) is 7.50. The van der Waals surface area contributed by atoms with Gasteiger partial charge < -0.3 is 19.7 Å². The molecule has 0 aliphatic carbocycles. The highest BCUT2D eigenvalue weighted by Gasteiger charge is 2.16. The number of hydrogen-bond donors (Lipinski definition) is 1. The van der Waals surface area contributed by atoms with Crippen LogP contribution >= 0.6 is 0 Å². The zero-order chi connectivity index (χ0) is 19.9. The van der Waals surface area contributed by atoms with Crippen LogP contribution in [0.4, 0.5) is 11.4 Å². The molecule has 5 nitrogen and oxygen atoms in total. The van der Waals surface area contributed by atoms with Gasteiger partial charge in [0.25, 0.3) is 5.91 Å². The number of nitrogens with zero attached hydrogens (tertiary/aromatic N) is 1. The van der Waals surface area contributed by atoms with Crippen molar-refractivity contribution in [3.05, 3.63) is 54.1 Å². The van der Waals surface area contributed by atoms with Crippen molar-refractivity contribution < 1.29 is 14.3 Å². The van der Waals surface area contributed by atoms with E-state index < -0.39 is 0 Å². The number of carbonyl (C=O) groups is 1. The van der Waals surface area contributed by atoms with Crippen LogP contribution in [-0.4, -0.2) is 38.3 Å². The second kappa shape index (κ2) is 9.79. The molecule has 2 aromatic rings. The molecular formula is C24H30N2O3. The molecule has 2 aliphatic heterocycles. The summed E-state index contributed by atoms with van der Waals surface area (Å²) in [5.74, 6) is 0.650. The van der Waals surface area contributed by atoms with E-state index in [0.29, 0.717) is 12.2 Å². The molecule has 0 radical (unpaired) electrons. The van der Waals surface area contributed by atoms with E-state index >= 15 is 0 Å². The normalized spacial score (nSPS) is 19.6. The van der Waals surface area contributed by atoms with Crippen molar-refractivity contribution >= 4 is 17.3 Å². The van der Waals surface area contributed by atoms with Crippen LogP contribution in [0, 0.1) is 0 Å². The Morgan fingerprint density at radius 1 is 0.966 bits per heavy atom. The molecule has 2 aliphatic rings. The van der Waals surface area contributed by atoms with E-state index in [4.69, 9.17) is 9.47 Å². The Morgan fingerprint density at radius 3 is 2.34 bits per heavy atom. The van der Waals surface area contributed by atoms with Crippen LogP contribution in [0.25, 0.3) is 0 Å². The molecule has 2 saturated heterocycles. The SMILES string of the molecule is O=C(Nc1ccc(N2CCCCCC2)cc1)c1ccc(OC[C@@H]2CCCO2)cc1. The summed E-state index contributed by atoms with van der Waals surface area (Å²) in [5, 5.41) is 2.98. The fourth-order valence-corrected chi connectivity index (χ4v) is 3.96. The summed E-state index contributed by atoms with van der Waals surface area (Å²) in [6, 6.07) is 15.4. The molecule has 5 heteroatoms. The van der Waals surface area contributed by atoms with Crippen LogP contribution in [0.1, 0.15) is 48.9 Å². The minimum Gasteiger partial charge on any atom is -0.491 e. The monoisotopic (exact) mass is 394 g/mol. The summed E-state index contributed by atoms with van der Waals surface area (Å²) in [7, 11) is 0. The van der Waals surface area contributed by atoms with Crippen LogP contribution in [-0.2, 0) is 4.74 Å². The van der Waals surface area contributed by atoms with Crippen molar-refractivity contribution in [2.24, 2.45) is 0 Å². The van der Waals surface area contributed by atoms with Crippen LogP contribution in [0.3, 0.4) is 0 Å². The van der Waals surface area contributed by atoms with Crippen molar-refractivity contribution in [1.82, 2.24) is 0 Å². The molecule has 2 aromatic carbocycles. The molecule has 2 heterocycles. The quantitative estimate of drug-likeness (QED) is 0.759. The van der Waals surface area contributed by atoms with E-state index in [0.717, 1.165) is 44.0 Å². The van der Waals surface area contributed by atoms with Crippen molar-refractivity contribution in [2.45, 2.75) is 44.6 Å². The van der Waals surface area contributed by atoms with E-state index in [1.165, 1.54) is 31.4 Å². The largest absolute Gasteiger partial charge is 0.491 e. The number of nitrogens with one attached hydrogen (secondary N) is 1. The zero-order valence-corrected chi connectivity index (χ0v) is 16.9. The van der Waals surface area contributed by atoms with E-state index in [1.54, 1.807) is 12.1 Å². The third-order valence-electron chi connectivity index (χ3n) is 5.67. The van der Waals surface area contributed by atoms with Crippen molar-refractivity contribution in [1.29, 1.82) is 0 Å². The Bertz CT molecular complexity index is 775. The molecule has 1 amide bonds. The van der Waals surface area contributed by atoms with E-state index in [2.05, 4.69) is 22.3 Å². The lowest BCUT2D eigenvalue weighted by Gasteiger charge is -2.22. The molecule has 154 valence electrons. The predicted octanol–water partition coefficient (Wildman–Crippen LogP) is 4.88. The number of hydrogen-bond acceptors (Lipinski definition) is 4. The lowest BCUT2D eigenvalue weighted by Crippen LogP contribution is -2.23. The molecule has 29 heavy (non-hydrogen) atoms. The first-order valence-corrected chi connectivity index (χ1v) is 10.8. The van der Waals surface area contributed by atoms with Crippen LogP contribution in [0.2, 0.25) is 0 Å². The van der Waals surface area contributed by atoms with Crippen LogP contribution < -0.4 is 15.0 Å². The molecule has 4 rings (SSSR count). The zero-order valence-electron chi connectivity index (χ0n) is 16.9. The van der Waals surface area contributed by atoms with Gasteiger partial charge in [-0.05, 0) is 74.2 Å². The van der Waals surface area contributed by atoms with Gasteiger partial charge in [-0.1, -0.05) is 12.8 Å². The maximum absolute atomic E-state index is 12.5. The maximum Gasteiger partial charge on any atom is 0.255 e. The van der Waals surface area contributed by atoms with Gasteiger partial charge in [0.1, 0.15) is 12.4 Å². The highest BCUT2D eigenvalue weighted by atomic mass is 16.5. The number of ether oxygens (including phenoxy) is 2. The molecular weight excluding hydrogens is 364 g/mol. The third kappa shape index (κ3) is 5.51. The Balaban J connectivity index is 1.30. The Labute approximate surface area is 173 Å². The summed E-state index contributed by atoms with van der Waals surface area (Å²) >= 11 is 0. The molecule has 1 N–H and O–H groups in total. The first kappa shape index (κ1) is 19.8. The summed E-state index contributed by atoms with van der Waals surface area (Å²) in [6.45, 7) is 3.63. The Morgan fingerprint density at radius 2 is 1.69 bits per heavy atom. The number of anilines is 2. The molecule has 0 spiro atoms. The third-order valence-corrected chi connectivity index (χ3v) is 5.67. The van der Waals surface area contributed by atoms with Crippen molar-refractivity contribution in [3.63, 3.8) is 0 Å². The van der Waals surface area contributed by atoms with Crippen LogP contribution in [0.5, 0.6) is 5.75 Å². The van der Waals surface area contributed by atoms with Gasteiger partial charge in [0.2, 0.25) is 0 Å². The number of benzene rings is 2. The Kier molecular flexibility index (Phi) is 6.67. The Hall–Kier alpha value is -2.53. The van der Waals surface area contributed by atoms with Crippen molar-refractivity contribution in [2.75, 3.05) is 36.5 Å². The van der Waals surface area contributed by atoms with Gasteiger partial charge in [0.15, 0.2) is 0 Å². The van der Waals surface area contributed by atoms with Gasteiger partial charge in [-0.25, -0.2) is 0 Å². The van der Waals surface area contributed by atoms with Gasteiger partial charge >= 0.3 is 0 Å². The molecule has 0 unspecified atom stereocenters. The standard InChI is InChI=1S/C24H30N2O3/c27-24(19-7-13-22(14-8-19)29-18-23-6-5-17-28-23)25-20-9-11-21(12-10-20)26-15-3-1-2-4-16-26/h7-14,23H,1-6,15-18H2,(H,25,27)/t23-/m0/s1. The lowest BCUT2D eigenvalue weighted by atomic mass is 10.2. The molecule has 0 aromatic heterocycles. The first-order chi connectivity index (χ1) is 14.3. The summed E-state index contributed by atoms with van der Waals surface area (Å²) in [4.78, 5) is 15.0. The van der Waals surface area contributed by atoms with Gasteiger partial charge in [0.05, 0.1) is 6.10 Å². The van der Waals surface area contributed by atoms with E-state index in [9.17, 15) is 4.79 Å². The van der Waals surface area contributed by atoms with Gasteiger partial charge in [0, 0.05) is 36.6 Å². The lowest BCUT2D eigenvalue weighted by molar-refractivity contribution is 0.0679. The minimum atomic E-state index is -0.113. The van der Waals surface area contributed by atoms with Gasteiger partial charge in [-0.15, -0.1) is 0 Å².